The van der Waals surface area contributed by atoms with Gasteiger partial charge in [-0.15, -0.1) is 0 Å². The van der Waals surface area contributed by atoms with Crippen LogP contribution >= 0.6 is 0 Å². The molecule has 0 saturated heterocycles. The topological polar surface area (TPSA) is 58.6 Å². The van der Waals surface area contributed by atoms with Gasteiger partial charge in [0.05, 0.1) is 0 Å². The molecule has 0 aliphatic rings. The number of hydroxylamine groups is 1. The molecule has 0 spiro atoms. The number of rotatable bonds is 3. The molecule has 0 fully saturated rings. The van der Waals surface area contributed by atoms with Crippen molar-refractivity contribution >= 4 is 5.97 Å². The van der Waals surface area contributed by atoms with E-state index < -0.39 is 12.6 Å². The molecule has 0 aliphatic heterocycles. The summed E-state index contributed by atoms with van der Waals surface area (Å²) in [6.45, 7) is 1.75. The zero-order chi connectivity index (χ0) is 6.41. The summed E-state index contributed by atoms with van der Waals surface area (Å²) in [6, 6.07) is 0. The molecule has 0 amide bonds. The summed E-state index contributed by atoms with van der Waals surface area (Å²) in [4.78, 5) is 14.2. The Morgan fingerprint density at radius 1 is 1.88 bits per heavy atom. The van der Waals surface area contributed by atoms with E-state index in [0.29, 0.717) is 6.54 Å². The molecule has 4 heteroatoms. The van der Waals surface area contributed by atoms with Crippen molar-refractivity contribution in [2.45, 2.75) is 6.92 Å². The average molecular weight is 119 g/mol. The molecule has 0 atom stereocenters. The third-order valence-corrected chi connectivity index (χ3v) is 0.459. The molecule has 0 unspecified atom stereocenters. The highest BCUT2D eigenvalue weighted by Gasteiger charge is 1.94. The maximum absolute atomic E-state index is 10.0. The first-order chi connectivity index (χ1) is 3.81. The number of hydrogen-bond acceptors (Lipinski definition) is 4. The van der Waals surface area contributed by atoms with Crippen LogP contribution in [0.25, 0.3) is 0 Å². The Labute approximate surface area is 47.4 Å². The van der Waals surface area contributed by atoms with Gasteiger partial charge in [0.1, 0.15) is 6.61 Å². The van der Waals surface area contributed by atoms with Crippen LogP contribution in [-0.2, 0) is 9.63 Å². The third kappa shape index (κ3) is 3.58. The summed E-state index contributed by atoms with van der Waals surface area (Å²) in [5.74, 6) is -0.660. The van der Waals surface area contributed by atoms with Crippen molar-refractivity contribution in [2.24, 2.45) is 0 Å². The fourth-order valence-corrected chi connectivity index (χ4v) is 0.185. The van der Waals surface area contributed by atoms with Crippen molar-refractivity contribution in [3.63, 3.8) is 0 Å². The highest BCUT2D eigenvalue weighted by atomic mass is 16.7. The van der Waals surface area contributed by atoms with Crippen molar-refractivity contribution < 1.29 is 14.7 Å². The van der Waals surface area contributed by atoms with Crippen molar-refractivity contribution in [1.29, 1.82) is 0 Å². The summed E-state index contributed by atoms with van der Waals surface area (Å²) >= 11 is 0. The van der Waals surface area contributed by atoms with Gasteiger partial charge in [-0.25, -0.2) is 4.79 Å². The number of aliphatic hydroxyl groups is 1. The second-order valence-corrected chi connectivity index (χ2v) is 1.13. The largest absolute Gasteiger partial charge is 0.385 e. The number of aliphatic hydroxyl groups excluding tert-OH is 1. The van der Waals surface area contributed by atoms with Crippen molar-refractivity contribution in [2.75, 3.05) is 13.2 Å². The smallest absolute Gasteiger partial charge is 0.350 e. The summed E-state index contributed by atoms with van der Waals surface area (Å²) in [6.07, 6.45) is 0. The zero-order valence-electron chi connectivity index (χ0n) is 4.68. The van der Waals surface area contributed by atoms with Gasteiger partial charge in [0, 0.05) is 6.54 Å². The molecule has 0 bridgehead atoms. The summed E-state index contributed by atoms with van der Waals surface area (Å²) in [5, 5.41) is 8.05. The lowest BCUT2D eigenvalue weighted by molar-refractivity contribution is -0.154. The second kappa shape index (κ2) is 4.55. The van der Waals surface area contributed by atoms with Gasteiger partial charge in [0.15, 0.2) is 0 Å². The van der Waals surface area contributed by atoms with Gasteiger partial charge in [-0.3, -0.25) is 0 Å². The molecular weight excluding hydrogens is 110 g/mol. The monoisotopic (exact) mass is 119 g/mol. The Hall–Kier alpha value is -0.610. The number of nitrogens with one attached hydrogen (secondary N) is 1. The Balaban J connectivity index is 2.99. The van der Waals surface area contributed by atoms with Crippen LogP contribution in [0.5, 0.6) is 0 Å². The first kappa shape index (κ1) is 7.39. The summed E-state index contributed by atoms with van der Waals surface area (Å²) in [7, 11) is 0. The van der Waals surface area contributed by atoms with Crippen LogP contribution in [0.3, 0.4) is 0 Å². The first-order valence-electron chi connectivity index (χ1n) is 2.34. The molecule has 2 N–H and O–H groups in total. The number of hydrogen-bond donors (Lipinski definition) is 2. The minimum atomic E-state index is -0.660. The van der Waals surface area contributed by atoms with Crippen LogP contribution in [0.15, 0.2) is 0 Å². The maximum atomic E-state index is 10.0. The Morgan fingerprint density at radius 2 is 2.50 bits per heavy atom. The highest BCUT2D eigenvalue weighted by molar-refractivity contribution is 5.69. The van der Waals surface area contributed by atoms with Gasteiger partial charge in [0.2, 0.25) is 0 Å². The Kier molecular flexibility index (Phi) is 4.20. The van der Waals surface area contributed by atoms with Gasteiger partial charge in [-0.2, -0.15) is 5.48 Å². The maximum Gasteiger partial charge on any atom is 0.350 e. The van der Waals surface area contributed by atoms with Gasteiger partial charge in [0.25, 0.3) is 0 Å². The normalized spacial score (nSPS) is 8.75. The van der Waals surface area contributed by atoms with Crippen LogP contribution in [0, 0.1) is 0 Å². The van der Waals surface area contributed by atoms with Gasteiger partial charge >= 0.3 is 5.97 Å². The van der Waals surface area contributed by atoms with E-state index >= 15 is 0 Å². The molecule has 0 aromatic heterocycles. The fourth-order valence-electron chi connectivity index (χ4n) is 0.185. The second-order valence-electron chi connectivity index (χ2n) is 1.13. The SMILES string of the molecule is CCNOC(=O)CO. The van der Waals surface area contributed by atoms with Crippen LogP contribution < -0.4 is 5.48 Å². The molecule has 0 saturated carbocycles. The Morgan fingerprint density at radius 3 is 2.88 bits per heavy atom. The molecule has 8 heavy (non-hydrogen) atoms. The number of carbonyl (C=O) groups excluding carboxylic acids is 1. The first-order valence-corrected chi connectivity index (χ1v) is 2.34. The van der Waals surface area contributed by atoms with Gasteiger partial charge in [-0.05, 0) is 6.92 Å². The van der Waals surface area contributed by atoms with Gasteiger partial charge in [-0.1, -0.05) is 0 Å². The number of carbonyl (C=O) groups is 1. The molecule has 48 valence electrons. The highest BCUT2D eigenvalue weighted by Crippen LogP contribution is 1.67. The summed E-state index contributed by atoms with van der Waals surface area (Å²) in [5.41, 5.74) is 2.29. The van der Waals surface area contributed by atoms with E-state index in [-0.39, 0.29) is 0 Å². The Bertz CT molecular complexity index is 73.7. The molecule has 0 aliphatic carbocycles. The molecule has 0 aromatic carbocycles. The molecule has 4 nitrogen and oxygen atoms in total. The molecule has 0 aromatic rings. The van der Waals surface area contributed by atoms with Crippen molar-refractivity contribution in [3.05, 3.63) is 0 Å². The molecule has 0 heterocycles. The van der Waals surface area contributed by atoms with Crippen LogP contribution in [0.4, 0.5) is 0 Å². The third-order valence-electron chi connectivity index (χ3n) is 0.459. The standard InChI is InChI=1S/C4H9NO3/c1-2-5-8-4(7)3-6/h5-6H,2-3H2,1H3. The predicted molar refractivity (Wildman–Crippen MR) is 26.9 cm³/mol. The quantitative estimate of drug-likeness (QED) is 0.470. The lowest BCUT2D eigenvalue weighted by Crippen LogP contribution is -2.21. The van der Waals surface area contributed by atoms with E-state index in [4.69, 9.17) is 5.11 Å². The van der Waals surface area contributed by atoms with E-state index in [2.05, 4.69) is 10.3 Å². The zero-order valence-corrected chi connectivity index (χ0v) is 4.68. The predicted octanol–water partition coefficient (Wildman–Crippen LogP) is -0.954. The lowest BCUT2D eigenvalue weighted by atomic mass is 10.8. The van der Waals surface area contributed by atoms with E-state index in [1.165, 1.54) is 0 Å². The van der Waals surface area contributed by atoms with Crippen molar-refractivity contribution in [1.82, 2.24) is 5.48 Å². The van der Waals surface area contributed by atoms with E-state index in [9.17, 15) is 4.79 Å². The van der Waals surface area contributed by atoms with Crippen LogP contribution in [0.2, 0.25) is 0 Å². The van der Waals surface area contributed by atoms with Gasteiger partial charge < -0.3 is 9.94 Å². The molecule has 0 rings (SSSR count). The van der Waals surface area contributed by atoms with E-state index in [1.807, 2.05) is 0 Å². The summed E-state index contributed by atoms with van der Waals surface area (Å²) < 4.78 is 0. The molecular formula is C4H9NO3. The lowest BCUT2D eigenvalue weighted by Gasteiger charge is -1.97. The van der Waals surface area contributed by atoms with Crippen LogP contribution in [-0.4, -0.2) is 24.2 Å². The average Bonchev–Trinajstić information content (AvgIpc) is 1.83. The van der Waals surface area contributed by atoms with Crippen molar-refractivity contribution in [3.8, 4) is 0 Å². The van der Waals surface area contributed by atoms with Crippen LogP contribution in [0.1, 0.15) is 6.92 Å². The molecule has 0 radical (unpaired) electrons. The fraction of sp³-hybridized carbons (Fsp3) is 0.750. The minimum absolute atomic E-state index is 0.547. The van der Waals surface area contributed by atoms with E-state index in [0.717, 1.165) is 0 Å². The minimum Gasteiger partial charge on any atom is -0.385 e. The van der Waals surface area contributed by atoms with E-state index in [1.54, 1.807) is 6.92 Å².